The first-order valence-electron chi connectivity index (χ1n) is 7.75. The minimum atomic E-state index is -4.16. The van der Waals surface area contributed by atoms with Crippen molar-refractivity contribution in [2.24, 2.45) is 17.6 Å². The molecule has 24 heavy (non-hydrogen) atoms. The Morgan fingerprint density at radius 2 is 1.88 bits per heavy atom. The quantitative estimate of drug-likeness (QED) is 0.741. The van der Waals surface area contributed by atoms with Gasteiger partial charge in [0.05, 0.1) is 12.6 Å². The fraction of sp³-hybridized carbons (Fsp3) is 0.929. The Labute approximate surface area is 152 Å². The molecule has 2 aliphatic rings. The van der Waals surface area contributed by atoms with Crippen molar-refractivity contribution >= 4 is 30.7 Å². The summed E-state index contributed by atoms with van der Waals surface area (Å²) in [6, 6.07) is -0.559. The van der Waals surface area contributed by atoms with Crippen molar-refractivity contribution in [3.8, 4) is 0 Å². The van der Waals surface area contributed by atoms with E-state index in [4.69, 9.17) is 10.5 Å². The molecule has 0 radical (unpaired) electrons. The number of rotatable bonds is 5. The van der Waals surface area contributed by atoms with Gasteiger partial charge in [-0.15, -0.1) is 24.8 Å². The van der Waals surface area contributed by atoms with Crippen LogP contribution in [0.5, 0.6) is 0 Å². The Bertz CT molecular complexity index is 383. The molecule has 2 atom stereocenters. The molecule has 0 aromatic heterocycles. The van der Waals surface area contributed by atoms with Crippen molar-refractivity contribution in [3.05, 3.63) is 0 Å². The number of hydrogen-bond donors (Lipinski definition) is 2. The molecule has 0 aromatic rings. The molecule has 1 amide bonds. The maximum atomic E-state index is 12.3. The molecule has 10 heteroatoms. The van der Waals surface area contributed by atoms with Crippen LogP contribution in [-0.2, 0) is 9.53 Å². The minimum Gasteiger partial charge on any atom is -0.381 e. The SMILES string of the molecule is Cl.Cl.NC(C(=O)NCC1CCN(CC(F)(F)F)C1)C1CCOCC1. The van der Waals surface area contributed by atoms with Crippen LogP contribution in [0.1, 0.15) is 19.3 Å². The molecule has 2 heterocycles. The largest absolute Gasteiger partial charge is 0.401 e. The average Bonchev–Trinajstić information content (AvgIpc) is 2.90. The lowest BCUT2D eigenvalue weighted by atomic mass is 9.92. The third-order valence-corrected chi connectivity index (χ3v) is 4.41. The standard InChI is InChI=1S/C14H24F3N3O2.2ClH/c15-14(16,17)9-20-4-1-10(8-20)7-19-13(21)12(18)11-2-5-22-6-3-11;;/h10-12H,1-9,18H2,(H,19,21);2*1H. The second-order valence-electron chi connectivity index (χ2n) is 6.23. The molecule has 2 saturated heterocycles. The van der Waals surface area contributed by atoms with Gasteiger partial charge in [-0.25, -0.2) is 0 Å². The van der Waals surface area contributed by atoms with Gasteiger partial charge in [-0.3, -0.25) is 9.69 Å². The van der Waals surface area contributed by atoms with Gasteiger partial charge in [0.25, 0.3) is 0 Å². The first-order valence-corrected chi connectivity index (χ1v) is 7.75. The molecule has 0 bridgehead atoms. The van der Waals surface area contributed by atoms with Crippen molar-refractivity contribution in [1.29, 1.82) is 0 Å². The van der Waals surface area contributed by atoms with Crippen LogP contribution in [0, 0.1) is 11.8 Å². The highest BCUT2D eigenvalue weighted by Crippen LogP contribution is 2.22. The molecular formula is C14H26Cl2F3N3O2. The van der Waals surface area contributed by atoms with Crippen molar-refractivity contribution < 1.29 is 22.7 Å². The predicted octanol–water partition coefficient (Wildman–Crippen LogP) is 1.58. The maximum absolute atomic E-state index is 12.3. The van der Waals surface area contributed by atoms with Gasteiger partial charge in [0, 0.05) is 26.3 Å². The van der Waals surface area contributed by atoms with Crippen LogP contribution in [0.2, 0.25) is 0 Å². The lowest BCUT2D eigenvalue weighted by Gasteiger charge is -2.27. The molecule has 144 valence electrons. The van der Waals surface area contributed by atoms with Crippen molar-refractivity contribution in [3.63, 3.8) is 0 Å². The first kappa shape index (κ1) is 23.7. The molecule has 2 aliphatic heterocycles. The van der Waals surface area contributed by atoms with Gasteiger partial charge in [0.2, 0.25) is 5.91 Å². The number of ether oxygens (including phenoxy) is 1. The number of halogens is 5. The predicted molar refractivity (Wildman–Crippen MR) is 89.6 cm³/mol. The number of nitrogens with one attached hydrogen (secondary N) is 1. The monoisotopic (exact) mass is 395 g/mol. The Morgan fingerprint density at radius 3 is 2.46 bits per heavy atom. The van der Waals surface area contributed by atoms with Crippen LogP contribution < -0.4 is 11.1 Å². The lowest BCUT2D eigenvalue weighted by Crippen LogP contribution is -2.48. The molecule has 2 fully saturated rings. The van der Waals surface area contributed by atoms with Gasteiger partial charge < -0.3 is 15.8 Å². The number of carbonyl (C=O) groups excluding carboxylic acids is 1. The summed E-state index contributed by atoms with van der Waals surface area (Å²) in [6.07, 6.45) is -1.94. The second-order valence-corrected chi connectivity index (χ2v) is 6.23. The fourth-order valence-corrected chi connectivity index (χ4v) is 3.13. The number of carbonyl (C=O) groups is 1. The Kier molecular flexibility index (Phi) is 10.5. The van der Waals surface area contributed by atoms with E-state index in [0.29, 0.717) is 39.3 Å². The average molecular weight is 396 g/mol. The summed E-state index contributed by atoms with van der Waals surface area (Å²) < 4.78 is 42.2. The van der Waals surface area contributed by atoms with E-state index < -0.39 is 18.8 Å². The molecule has 0 aliphatic carbocycles. The Hall–Kier alpha value is -0.280. The van der Waals surface area contributed by atoms with Crippen LogP contribution in [-0.4, -0.2) is 62.4 Å². The normalized spacial score (nSPS) is 23.9. The van der Waals surface area contributed by atoms with Gasteiger partial charge in [-0.1, -0.05) is 0 Å². The molecule has 0 saturated carbocycles. The van der Waals surface area contributed by atoms with E-state index in [9.17, 15) is 18.0 Å². The smallest absolute Gasteiger partial charge is 0.381 e. The zero-order valence-corrected chi connectivity index (χ0v) is 15.0. The third-order valence-electron chi connectivity index (χ3n) is 4.41. The second kappa shape index (κ2) is 10.7. The number of likely N-dealkylation sites (tertiary alicyclic amines) is 1. The van der Waals surface area contributed by atoms with Crippen LogP contribution in [0.25, 0.3) is 0 Å². The van der Waals surface area contributed by atoms with Crippen molar-refractivity contribution in [1.82, 2.24) is 10.2 Å². The summed E-state index contributed by atoms with van der Waals surface area (Å²) in [6.45, 7) is 1.56. The summed E-state index contributed by atoms with van der Waals surface area (Å²) in [4.78, 5) is 13.4. The summed E-state index contributed by atoms with van der Waals surface area (Å²) in [7, 11) is 0. The maximum Gasteiger partial charge on any atom is 0.401 e. The van der Waals surface area contributed by atoms with Crippen LogP contribution in [0.15, 0.2) is 0 Å². The highest BCUT2D eigenvalue weighted by molar-refractivity contribution is 5.85. The fourth-order valence-electron chi connectivity index (χ4n) is 3.13. The van der Waals surface area contributed by atoms with Gasteiger partial charge in [0.15, 0.2) is 0 Å². The molecule has 0 spiro atoms. The molecule has 2 unspecified atom stereocenters. The van der Waals surface area contributed by atoms with Crippen LogP contribution in [0.4, 0.5) is 13.2 Å². The number of nitrogens with two attached hydrogens (primary N) is 1. The Balaban J connectivity index is 0.00000264. The van der Waals surface area contributed by atoms with E-state index in [1.54, 1.807) is 0 Å². The molecule has 3 N–H and O–H groups in total. The zero-order valence-electron chi connectivity index (χ0n) is 13.4. The molecule has 5 nitrogen and oxygen atoms in total. The van der Waals surface area contributed by atoms with Gasteiger partial charge in [-0.05, 0) is 37.6 Å². The summed E-state index contributed by atoms with van der Waals surface area (Å²) in [5.41, 5.74) is 5.96. The van der Waals surface area contributed by atoms with E-state index in [0.717, 1.165) is 12.8 Å². The molecular weight excluding hydrogens is 370 g/mol. The molecule has 0 aromatic carbocycles. The highest BCUT2D eigenvalue weighted by Gasteiger charge is 2.34. The van der Waals surface area contributed by atoms with Gasteiger partial charge in [-0.2, -0.15) is 13.2 Å². The summed E-state index contributed by atoms with van der Waals surface area (Å²) in [5, 5.41) is 2.79. The highest BCUT2D eigenvalue weighted by atomic mass is 35.5. The van der Waals surface area contributed by atoms with E-state index in [2.05, 4.69) is 5.32 Å². The summed E-state index contributed by atoms with van der Waals surface area (Å²) in [5.74, 6) is -0.0200. The topological polar surface area (TPSA) is 67.6 Å². The van der Waals surface area contributed by atoms with Gasteiger partial charge in [0.1, 0.15) is 0 Å². The number of hydrogen-bond acceptors (Lipinski definition) is 4. The zero-order chi connectivity index (χ0) is 16.2. The summed E-state index contributed by atoms with van der Waals surface area (Å²) >= 11 is 0. The Morgan fingerprint density at radius 1 is 1.25 bits per heavy atom. The number of alkyl halides is 3. The van der Waals surface area contributed by atoms with Crippen molar-refractivity contribution in [2.45, 2.75) is 31.5 Å². The van der Waals surface area contributed by atoms with Crippen molar-refractivity contribution in [2.75, 3.05) is 39.4 Å². The molecule has 2 rings (SSSR count). The van der Waals surface area contributed by atoms with E-state index >= 15 is 0 Å². The van der Waals surface area contributed by atoms with Gasteiger partial charge >= 0.3 is 6.18 Å². The number of amides is 1. The van der Waals surface area contributed by atoms with E-state index in [1.807, 2.05) is 0 Å². The number of nitrogens with zero attached hydrogens (tertiary/aromatic N) is 1. The minimum absolute atomic E-state index is 0. The van der Waals surface area contributed by atoms with E-state index in [-0.39, 0.29) is 42.6 Å². The van der Waals surface area contributed by atoms with Crippen LogP contribution >= 0.6 is 24.8 Å². The van der Waals surface area contributed by atoms with Crippen LogP contribution in [0.3, 0.4) is 0 Å². The third kappa shape index (κ3) is 7.74. The first-order chi connectivity index (χ1) is 10.3. The lowest BCUT2D eigenvalue weighted by molar-refractivity contribution is -0.143. The van der Waals surface area contributed by atoms with E-state index in [1.165, 1.54) is 4.90 Å².